The molecule has 0 aromatic heterocycles. The second-order valence-corrected chi connectivity index (χ2v) is 6.96. The minimum Gasteiger partial charge on any atom is -0.494 e. The molecule has 1 amide bonds. The molecule has 0 radical (unpaired) electrons. The number of hydrogen-bond acceptors (Lipinski definition) is 4. The van der Waals surface area contributed by atoms with Crippen molar-refractivity contribution in [3.63, 3.8) is 0 Å². The number of amides is 1. The van der Waals surface area contributed by atoms with Gasteiger partial charge in [-0.15, -0.1) is 0 Å². The van der Waals surface area contributed by atoms with Crippen LogP contribution in [0.25, 0.3) is 0 Å². The number of Topliss-reactive ketones (excluding diaryl/α,β-unsaturated/α-hetero) is 1. The average Bonchev–Trinajstić information content (AvgIpc) is 3.06. The van der Waals surface area contributed by atoms with Crippen molar-refractivity contribution in [1.82, 2.24) is 5.32 Å². The summed E-state index contributed by atoms with van der Waals surface area (Å²) < 4.78 is 11.3. The van der Waals surface area contributed by atoms with Crippen molar-refractivity contribution >= 4 is 11.7 Å². The normalized spacial score (nSPS) is 19.8. The fourth-order valence-electron chi connectivity index (χ4n) is 3.15. The highest BCUT2D eigenvalue weighted by molar-refractivity contribution is 5.94. The van der Waals surface area contributed by atoms with Gasteiger partial charge in [0.05, 0.1) is 12.7 Å². The molecule has 1 aromatic carbocycles. The first-order valence-electron chi connectivity index (χ1n) is 9.09. The molecule has 0 spiro atoms. The monoisotopic (exact) mass is 347 g/mol. The molecule has 25 heavy (non-hydrogen) atoms. The highest BCUT2D eigenvalue weighted by Crippen LogP contribution is 2.26. The lowest BCUT2D eigenvalue weighted by atomic mass is 9.93. The number of nitrogens with one attached hydrogen (secondary N) is 1. The lowest BCUT2D eigenvalue weighted by Gasteiger charge is -2.22. The maximum absolute atomic E-state index is 12.0. The van der Waals surface area contributed by atoms with Gasteiger partial charge in [0.15, 0.2) is 5.78 Å². The molecule has 0 bridgehead atoms. The Bertz CT molecular complexity index is 568. The van der Waals surface area contributed by atoms with E-state index >= 15 is 0 Å². The van der Waals surface area contributed by atoms with Crippen LogP contribution in [0.2, 0.25) is 0 Å². The number of ether oxygens (including phenoxy) is 2. The van der Waals surface area contributed by atoms with Gasteiger partial charge in [0.25, 0.3) is 0 Å². The van der Waals surface area contributed by atoms with Gasteiger partial charge in [0, 0.05) is 31.1 Å². The predicted molar refractivity (Wildman–Crippen MR) is 96.9 cm³/mol. The van der Waals surface area contributed by atoms with Gasteiger partial charge in [0.2, 0.25) is 5.91 Å². The zero-order valence-electron chi connectivity index (χ0n) is 15.4. The van der Waals surface area contributed by atoms with Crippen LogP contribution >= 0.6 is 0 Å². The second-order valence-electron chi connectivity index (χ2n) is 6.96. The van der Waals surface area contributed by atoms with Crippen LogP contribution in [-0.2, 0) is 9.53 Å². The third-order valence-electron chi connectivity index (χ3n) is 4.56. The molecular formula is C20H29NO4. The molecular weight excluding hydrogens is 318 g/mol. The number of benzene rings is 1. The Morgan fingerprint density at radius 1 is 1.28 bits per heavy atom. The Labute approximate surface area is 150 Å². The van der Waals surface area contributed by atoms with E-state index in [9.17, 15) is 9.59 Å². The summed E-state index contributed by atoms with van der Waals surface area (Å²) in [4.78, 5) is 23.2. The van der Waals surface area contributed by atoms with E-state index in [2.05, 4.69) is 19.2 Å². The smallest absolute Gasteiger partial charge is 0.220 e. The minimum absolute atomic E-state index is 0.0376. The van der Waals surface area contributed by atoms with Gasteiger partial charge in [-0.1, -0.05) is 13.8 Å². The first-order valence-corrected chi connectivity index (χ1v) is 9.09. The number of ketones is 1. The van der Waals surface area contributed by atoms with Gasteiger partial charge in [-0.2, -0.15) is 0 Å². The summed E-state index contributed by atoms with van der Waals surface area (Å²) in [7, 11) is 0. The third kappa shape index (κ3) is 6.16. The summed E-state index contributed by atoms with van der Waals surface area (Å²) >= 11 is 0. The molecule has 5 heteroatoms. The standard InChI is InChI=1S/C20H29NO4/c1-14(2)20-17(10-12-25-20)13-21-19(23)5-4-11-24-18-8-6-16(7-9-18)15(3)22/h6-9,14,17,20H,4-5,10-13H2,1-3H3,(H,21,23)/t17-,20+/m0/s1. The van der Waals surface area contributed by atoms with Gasteiger partial charge in [-0.25, -0.2) is 0 Å². The lowest BCUT2D eigenvalue weighted by molar-refractivity contribution is -0.121. The quantitative estimate of drug-likeness (QED) is 0.550. The minimum atomic E-state index is 0.0376. The summed E-state index contributed by atoms with van der Waals surface area (Å²) in [5.74, 6) is 1.71. The van der Waals surface area contributed by atoms with Crippen molar-refractivity contribution in [2.24, 2.45) is 11.8 Å². The Kier molecular flexibility index (Phi) is 7.44. The summed E-state index contributed by atoms with van der Waals surface area (Å²) in [5.41, 5.74) is 0.669. The van der Waals surface area contributed by atoms with Gasteiger partial charge >= 0.3 is 0 Å². The Hall–Kier alpha value is -1.88. The third-order valence-corrected chi connectivity index (χ3v) is 4.56. The van der Waals surface area contributed by atoms with E-state index in [1.807, 2.05) is 0 Å². The first kappa shape index (κ1) is 19.4. The van der Waals surface area contributed by atoms with Crippen LogP contribution in [-0.4, -0.2) is 37.6 Å². The molecule has 1 heterocycles. The van der Waals surface area contributed by atoms with Gasteiger partial charge < -0.3 is 14.8 Å². The van der Waals surface area contributed by atoms with E-state index in [-0.39, 0.29) is 17.8 Å². The zero-order valence-corrected chi connectivity index (χ0v) is 15.4. The van der Waals surface area contributed by atoms with Crippen molar-refractivity contribution in [1.29, 1.82) is 0 Å². The molecule has 1 aliphatic rings. The molecule has 2 atom stereocenters. The second kappa shape index (κ2) is 9.56. The summed E-state index contributed by atoms with van der Waals surface area (Å²) in [6, 6.07) is 7.06. The van der Waals surface area contributed by atoms with Crippen LogP contribution in [0.5, 0.6) is 5.75 Å². The molecule has 0 saturated carbocycles. The van der Waals surface area contributed by atoms with E-state index < -0.39 is 0 Å². The summed E-state index contributed by atoms with van der Waals surface area (Å²) in [6.45, 7) is 7.81. The lowest BCUT2D eigenvalue weighted by Crippen LogP contribution is -2.34. The van der Waals surface area contributed by atoms with Crippen molar-refractivity contribution in [3.05, 3.63) is 29.8 Å². The highest BCUT2D eigenvalue weighted by atomic mass is 16.5. The predicted octanol–water partition coefficient (Wildman–Crippen LogP) is 3.23. The van der Waals surface area contributed by atoms with Crippen LogP contribution in [0, 0.1) is 11.8 Å². The van der Waals surface area contributed by atoms with E-state index in [1.54, 1.807) is 24.3 Å². The molecule has 1 aliphatic heterocycles. The molecule has 0 aliphatic carbocycles. The molecule has 1 saturated heterocycles. The summed E-state index contributed by atoms with van der Waals surface area (Å²) in [6.07, 6.45) is 2.38. The van der Waals surface area contributed by atoms with Crippen molar-refractivity contribution in [3.8, 4) is 5.75 Å². The molecule has 5 nitrogen and oxygen atoms in total. The molecule has 1 aromatic rings. The van der Waals surface area contributed by atoms with Crippen LogP contribution in [0.3, 0.4) is 0 Å². The topological polar surface area (TPSA) is 64.6 Å². The van der Waals surface area contributed by atoms with Gasteiger partial charge in [0.1, 0.15) is 5.75 Å². The van der Waals surface area contributed by atoms with Crippen LogP contribution in [0.15, 0.2) is 24.3 Å². The highest BCUT2D eigenvalue weighted by Gasteiger charge is 2.30. The van der Waals surface area contributed by atoms with Crippen molar-refractivity contribution in [2.75, 3.05) is 19.8 Å². The molecule has 138 valence electrons. The Morgan fingerprint density at radius 2 is 2.00 bits per heavy atom. The first-order chi connectivity index (χ1) is 12.0. The molecule has 1 fully saturated rings. The molecule has 1 N–H and O–H groups in total. The Balaban J connectivity index is 1.61. The number of carbonyl (C=O) groups is 2. The Morgan fingerprint density at radius 3 is 2.64 bits per heavy atom. The van der Waals surface area contributed by atoms with E-state index in [0.717, 1.165) is 13.0 Å². The van der Waals surface area contributed by atoms with E-state index in [1.165, 1.54) is 6.92 Å². The molecule has 2 rings (SSSR count). The zero-order chi connectivity index (χ0) is 18.2. The number of rotatable bonds is 9. The van der Waals surface area contributed by atoms with Crippen LogP contribution in [0.1, 0.15) is 50.4 Å². The largest absolute Gasteiger partial charge is 0.494 e. The number of hydrogen-bond donors (Lipinski definition) is 1. The van der Waals surface area contributed by atoms with Gasteiger partial charge in [-0.05, 0) is 49.9 Å². The maximum atomic E-state index is 12.0. The van der Waals surface area contributed by atoms with Gasteiger partial charge in [-0.3, -0.25) is 9.59 Å². The maximum Gasteiger partial charge on any atom is 0.220 e. The van der Waals surface area contributed by atoms with Crippen LogP contribution in [0.4, 0.5) is 0 Å². The summed E-state index contributed by atoms with van der Waals surface area (Å²) in [5, 5.41) is 3.02. The van der Waals surface area contributed by atoms with Crippen molar-refractivity contribution < 1.29 is 19.1 Å². The average molecular weight is 347 g/mol. The fourth-order valence-corrected chi connectivity index (χ4v) is 3.15. The van der Waals surface area contributed by atoms with E-state index in [0.29, 0.717) is 49.1 Å². The SMILES string of the molecule is CC(=O)c1ccc(OCCCC(=O)NC[C@@H]2CCO[C@@H]2C(C)C)cc1. The van der Waals surface area contributed by atoms with Crippen molar-refractivity contribution in [2.45, 2.75) is 46.1 Å². The number of carbonyl (C=O) groups excluding carboxylic acids is 2. The van der Waals surface area contributed by atoms with E-state index in [4.69, 9.17) is 9.47 Å². The van der Waals surface area contributed by atoms with Crippen LogP contribution < -0.4 is 10.1 Å². The molecule has 0 unspecified atom stereocenters. The fraction of sp³-hybridized carbons (Fsp3) is 0.600.